The topological polar surface area (TPSA) is 49.6 Å². The second kappa shape index (κ2) is 7.23. The number of aromatic nitrogens is 2. The molecule has 0 bridgehead atoms. The maximum absolute atomic E-state index is 10.2. The van der Waals surface area contributed by atoms with E-state index in [4.69, 9.17) is 0 Å². The molecule has 3 aromatic rings. The molecule has 0 amide bonds. The van der Waals surface area contributed by atoms with Gasteiger partial charge in [0.15, 0.2) is 0 Å². The van der Waals surface area contributed by atoms with Gasteiger partial charge in [-0.05, 0) is 22.8 Å². The standard InChI is InChI=1S/C21H21N3/c1-2-3-11-21(16-22,14-18-15-23-12-13-24-18)20-10-6-8-17-7-4-5-9-19(17)20/h4-10,12-13,15H,2-3,11,14H2,1H3. The minimum atomic E-state index is -0.576. The summed E-state index contributed by atoms with van der Waals surface area (Å²) in [5.41, 5.74) is 1.39. The van der Waals surface area contributed by atoms with Gasteiger partial charge in [0.05, 0.1) is 17.2 Å². The van der Waals surface area contributed by atoms with E-state index >= 15 is 0 Å². The van der Waals surface area contributed by atoms with Crippen LogP contribution in [0.15, 0.2) is 61.1 Å². The van der Waals surface area contributed by atoms with Crippen molar-refractivity contribution in [1.82, 2.24) is 9.97 Å². The Balaban J connectivity index is 2.14. The number of nitriles is 1. The van der Waals surface area contributed by atoms with Crippen molar-refractivity contribution in [3.8, 4) is 6.07 Å². The Morgan fingerprint density at radius 1 is 1.08 bits per heavy atom. The molecular weight excluding hydrogens is 294 g/mol. The molecule has 3 heteroatoms. The van der Waals surface area contributed by atoms with Crippen molar-refractivity contribution in [1.29, 1.82) is 5.26 Å². The van der Waals surface area contributed by atoms with Crippen LogP contribution in [0.4, 0.5) is 0 Å². The van der Waals surface area contributed by atoms with Crippen LogP contribution < -0.4 is 0 Å². The number of hydrogen-bond donors (Lipinski definition) is 0. The normalized spacial score (nSPS) is 13.3. The zero-order valence-corrected chi connectivity index (χ0v) is 13.9. The van der Waals surface area contributed by atoms with Crippen LogP contribution in [-0.2, 0) is 11.8 Å². The van der Waals surface area contributed by atoms with E-state index in [9.17, 15) is 5.26 Å². The number of unbranched alkanes of at least 4 members (excludes halogenated alkanes) is 1. The first-order valence-electron chi connectivity index (χ1n) is 8.43. The highest BCUT2D eigenvalue weighted by atomic mass is 14.8. The Morgan fingerprint density at radius 2 is 1.92 bits per heavy atom. The Morgan fingerprint density at radius 3 is 2.67 bits per heavy atom. The molecule has 2 aromatic carbocycles. The van der Waals surface area contributed by atoms with Crippen molar-refractivity contribution in [3.63, 3.8) is 0 Å². The largest absolute Gasteiger partial charge is 0.261 e. The molecule has 24 heavy (non-hydrogen) atoms. The third-order valence-corrected chi connectivity index (χ3v) is 4.58. The highest BCUT2D eigenvalue weighted by Crippen LogP contribution is 2.37. The van der Waals surface area contributed by atoms with Crippen molar-refractivity contribution >= 4 is 10.8 Å². The maximum atomic E-state index is 10.2. The monoisotopic (exact) mass is 315 g/mol. The van der Waals surface area contributed by atoms with Crippen LogP contribution in [0.5, 0.6) is 0 Å². The molecule has 0 aliphatic rings. The summed E-state index contributed by atoms with van der Waals surface area (Å²) >= 11 is 0. The lowest BCUT2D eigenvalue weighted by atomic mass is 9.72. The molecule has 3 rings (SSSR count). The predicted octanol–water partition coefficient (Wildman–Crippen LogP) is 4.82. The Hall–Kier alpha value is -2.73. The lowest BCUT2D eigenvalue weighted by Crippen LogP contribution is -2.28. The van der Waals surface area contributed by atoms with E-state index in [1.807, 2.05) is 18.2 Å². The summed E-state index contributed by atoms with van der Waals surface area (Å²) in [5.74, 6) is 0. The smallest absolute Gasteiger partial charge is 0.0884 e. The maximum Gasteiger partial charge on any atom is 0.0884 e. The van der Waals surface area contributed by atoms with Gasteiger partial charge in [0, 0.05) is 25.0 Å². The summed E-state index contributed by atoms with van der Waals surface area (Å²) in [5, 5.41) is 12.5. The molecular formula is C21H21N3. The Bertz CT molecular complexity index is 846. The zero-order valence-electron chi connectivity index (χ0n) is 13.9. The van der Waals surface area contributed by atoms with Crippen molar-refractivity contribution in [2.75, 3.05) is 0 Å². The summed E-state index contributed by atoms with van der Waals surface area (Å²) in [6, 6.07) is 17.2. The fraction of sp³-hybridized carbons (Fsp3) is 0.286. The average Bonchev–Trinajstić information content (AvgIpc) is 2.65. The summed E-state index contributed by atoms with van der Waals surface area (Å²) in [4.78, 5) is 8.58. The minimum absolute atomic E-state index is 0.576. The minimum Gasteiger partial charge on any atom is -0.261 e. The van der Waals surface area contributed by atoms with Crippen molar-refractivity contribution in [2.45, 2.75) is 38.0 Å². The van der Waals surface area contributed by atoms with E-state index in [1.165, 1.54) is 5.39 Å². The molecule has 0 radical (unpaired) electrons. The van der Waals surface area contributed by atoms with E-state index in [0.717, 1.165) is 35.9 Å². The summed E-state index contributed by atoms with van der Waals surface area (Å²) in [6.45, 7) is 2.16. The van der Waals surface area contributed by atoms with Crippen LogP contribution in [0.3, 0.4) is 0 Å². The first-order chi connectivity index (χ1) is 11.8. The van der Waals surface area contributed by atoms with Crippen LogP contribution in [0.2, 0.25) is 0 Å². The third kappa shape index (κ3) is 3.14. The van der Waals surface area contributed by atoms with Crippen molar-refractivity contribution in [3.05, 3.63) is 72.3 Å². The van der Waals surface area contributed by atoms with Gasteiger partial charge in [-0.1, -0.05) is 62.2 Å². The van der Waals surface area contributed by atoms with E-state index in [2.05, 4.69) is 47.2 Å². The first kappa shape index (κ1) is 16.1. The van der Waals surface area contributed by atoms with Gasteiger partial charge in [-0.2, -0.15) is 5.26 Å². The fourth-order valence-electron chi connectivity index (χ4n) is 3.33. The van der Waals surface area contributed by atoms with Crippen molar-refractivity contribution < 1.29 is 0 Å². The molecule has 0 aliphatic carbocycles. The number of fused-ring (bicyclic) bond motifs is 1. The molecule has 1 heterocycles. The number of hydrogen-bond acceptors (Lipinski definition) is 3. The quantitative estimate of drug-likeness (QED) is 0.655. The Labute approximate surface area is 143 Å². The summed E-state index contributed by atoms with van der Waals surface area (Å²) in [7, 11) is 0. The molecule has 3 nitrogen and oxygen atoms in total. The second-order valence-corrected chi connectivity index (χ2v) is 6.20. The van der Waals surface area contributed by atoms with Crippen LogP contribution in [0.25, 0.3) is 10.8 Å². The third-order valence-electron chi connectivity index (χ3n) is 4.58. The van der Waals surface area contributed by atoms with Gasteiger partial charge < -0.3 is 0 Å². The molecule has 120 valence electrons. The molecule has 0 spiro atoms. The van der Waals surface area contributed by atoms with Gasteiger partial charge in [0.2, 0.25) is 0 Å². The van der Waals surface area contributed by atoms with Gasteiger partial charge in [-0.25, -0.2) is 0 Å². The van der Waals surface area contributed by atoms with E-state index in [0.29, 0.717) is 6.42 Å². The molecule has 0 N–H and O–H groups in total. The Kier molecular flexibility index (Phi) is 4.86. The number of rotatable bonds is 6. The molecule has 0 fully saturated rings. The molecule has 1 atom stereocenters. The van der Waals surface area contributed by atoms with E-state index < -0.39 is 5.41 Å². The van der Waals surface area contributed by atoms with Crippen molar-refractivity contribution in [2.24, 2.45) is 0 Å². The molecule has 0 saturated heterocycles. The highest BCUT2D eigenvalue weighted by Gasteiger charge is 2.34. The SMILES string of the molecule is CCCCC(C#N)(Cc1cnccn1)c1cccc2ccccc12. The first-order valence-corrected chi connectivity index (χ1v) is 8.43. The second-order valence-electron chi connectivity index (χ2n) is 6.20. The molecule has 0 aliphatic heterocycles. The van der Waals surface area contributed by atoms with Crippen LogP contribution in [0.1, 0.15) is 37.4 Å². The summed E-state index contributed by atoms with van der Waals surface area (Å²) < 4.78 is 0. The van der Waals surface area contributed by atoms with Gasteiger partial charge in [-0.15, -0.1) is 0 Å². The number of benzene rings is 2. The van der Waals surface area contributed by atoms with Gasteiger partial charge >= 0.3 is 0 Å². The van der Waals surface area contributed by atoms with Crippen LogP contribution in [-0.4, -0.2) is 9.97 Å². The van der Waals surface area contributed by atoms with Crippen LogP contribution in [0, 0.1) is 11.3 Å². The van der Waals surface area contributed by atoms with E-state index in [-0.39, 0.29) is 0 Å². The molecule has 1 aromatic heterocycles. The van der Waals surface area contributed by atoms with Gasteiger partial charge in [-0.3, -0.25) is 9.97 Å². The van der Waals surface area contributed by atoms with Crippen LogP contribution >= 0.6 is 0 Å². The average molecular weight is 315 g/mol. The molecule has 1 unspecified atom stereocenters. The zero-order chi connectivity index (χ0) is 16.8. The highest BCUT2D eigenvalue weighted by molar-refractivity contribution is 5.87. The molecule has 0 saturated carbocycles. The lowest BCUT2D eigenvalue weighted by molar-refractivity contribution is 0.474. The number of nitrogens with zero attached hydrogens (tertiary/aromatic N) is 3. The van der Waals surface area contributed by atoms with E-state index in [1.54, 1.807) is 18.6 Å². The van der Waals surface area contributed by atoms with Gasteiger partial charge in [0.25, 0.3) is 0 Å². The predicted molar refractivity (Wildman–Crippen MR) is 96.5 cm³/mol. The lowest BCUT2D eigenvalue weighted by Gasteiger charge is -2.28. The van der Waals surface area contributed by atoms with Gasteiger partial charge in [0.1, 0.15) is 0 Å². The summed E-state index contributed by atoms with van der Waals surface area (Å²) in [6.07, 6.45) is 8.62. The fourth-order valence-corrected chi connectivity index (χ4v) is 3.33.